The Hall–Kier alpha value is -3.33. The van der Waals surface area contributed by atoms with Gasteiger partial charge in [-0.2, -0.15) is 5.10 Å². The summed E-state index contributed by atoms with van der Waals surface area (Å²) in [6.45, 7) is 0. The number of rotatable bonds is 3. The van der Waals surface area contributed by atoms with Crippen molar-refractivity contribution in [2.24, 2.45) is 0 Å². The number of hydrogen-bond donors (Lipinski definition) is 2. The largest absolute Gasteiger partial charge is 0.508 e. The van der Waals surface area contributed by atoms with Crippen molar-refractivity contribution in [1.82, 2.24) is 10.2 Å². The first-order chi connectivity index (χ1) is 11.8. The normalized spacial score (nSPS) is 11.3. The minimum Gasteiger partial charge on any atom is -0.508 e. The standard InChI is InChI=1S/C21H16N2O/c24-18-10-7-16(8-11-18)17-9-12-19-20(22-23-21(19)14-17)13-6-15-4-2-1-3-5-15/h1-14,24H,(H,22,23). The van der Waals surface area contributed by atoms with E-state index in [0.717, 1.165) is 33.3 Å². The second kappa shape index (κ2) is 6.05. The molecule has 4 rings (SSSR count). The Balaban J connectivity index is 1.68. The lowest BCUT2D eigenvalue weighted by atomic mass is 10.0. The Kier molecular flexibility index (Phi) is 3.60. The molecule has 0 spiro atoms. The second-order valence-electron chi connectivity index (χ2n) is 5.66. The molecule has 0 atom stereocenters. The number of phenolic OH excluding ortho intramolecular Hbond substituents is 1. The minimum absolute atomic E-state index is 0.273. The molecule has 0 aliphatic heterocycles. The lowest BCUT2D eigenvalue weighted by Crippen LogP contribution is -1.78. The highest BCUT2D eigenvalue weighted by molar-refractivity contribution is 5.92. The minimum atomic E-state index is 0.273. The molecule has 0 aliphatic carbocycles. The van der Waals surface area contributed by atoms with Gasteiger partial charge in [0.1, 0.15) is 5.75 Å². The number of phenols is 1. The van der Waals surface area contributed by atoms with E-state index in [1.807, 2.05) is 36.4 Å². The number of aromatic amines is 1. The van der Waals surface area contributed by atoms with Crippen LogP contribution in [0.3, 0.4) is 0 Å². The predicted molar refractivity (Wildman–Crippen MR) is 98.6 cm³/mol. The molecule has 4 aromatic rings. The Morgan fingerprint density at radius 1 is 0.792 bits per heavy atom. The van der Waals surface area contributed by atoms with Crippen LogP contribution >= 0.6 is 0 Å². The van der Waals surface area contributed by atoms with Crippen LogP contribution in [0.1, 0.15) is 11.3 Å². The molecule has 0 saturated heterocycles. The topological polar surface area (TPSA) is 48.9 Å². The van der Waals surface area contributed by atoms with Gasteiger partial charge in [0.25, 0.3) is 0 Å². The number of benzene rings is 3. The molecule has 1 aromatic heterocycles. The molecule has 0 unspecified atom stereocenters. The van der Waals surface area contributed by atoms with Crippen LogP contribution in [0, 0.1) is 0 Å². The first-order valence-corrected chi connectivity index (χ1v) is 7.80. The van der Waals surface area contributed by atoms with Crippen molar-refractivity contribution in [3.05, 3.63) is 84.1 Å². The van der Waals surface area contributed by atoms with Crippen LogP contribution in [0.4, 0.5) is 0 Å². The summed E-state index contributed by atoms with van der Waals surface area (Å²) < 4.78 is 0. The molecular formula is C21H16N2O. The summed E-state index contributed by atoms with van der Waals surface area (Å²) in [7, 11) is 0. The van der Waals surface area contributed by atoms with Gasteiger partial charge in [0.15, 0.2) is 0 Å². The van der Waals surface area contributed by atoms with Gasteiger partial charge in [-0.25, -0.2) is 0 Å². The molecule has 2 N–H and O–H groups in total. The zero-order valence-electron chi connectivity index (χ0n) is 13.0. The molecule has 0 saturated carbocycles. The Bertz CT molecular complexity index is 999. The molecule has 3 nitrogen and oxygen atoms in total. The van der Waals surface area contributed by atoms with Gasteiger partial charge in [-0.05, 0) is 47.0 Å². The molecule has 3 aromatic carbocycles. The van der Waals surface area contributed by atoms with E-state index in [4.69, 9.17) is 0 Å². The van der Waals surface area contributed by atoms with Crippen molar-refractivity contribution >= 4 is 23.1 Å². The molecular weight excluding hydrogens is 296 g/mol. The number of nitrogens with zero attached hydrogens (tertiary/aromatic N) is 1. The maximum absolute atomic E-state index is 9.41. The van der Waals surface area contributed by atoms with E-state index in [2.05, 4.69) is 46.6 Å². The van der Waals surface area contributed by atoms with Gasteiger partial charge in [-0.3, -0.25) is 5.10 Å². The van der Waals surface area contributed by atoms with Gasteiger partial charge in [-0.15, -0.1) is 0 Å². The van der Waals surface area contributed by atoms with Gasteiger partial charge < -0.3 is 5.11 Å². The first kappa shape index (κ1) is 14.3. The molecule has 1 heterocycles. The maximum Gasteiger partial charge on any atom is 0.115 e. The lowest BCUT2D eigenvalue weighted by Gasteiger charge is -2.02. The molecule has 0 fully saturated rings. The van der Waals surface area contributed by atoms with E-state index >= 15 is 0 Å². The summed E-state index contributed by atoms with van der Waals surface area (Å²) in [4.78, 5) is 0. The van der Waals surface area contributed by atoms with Crippen LogP contribution in [-0.4, -0.2) is 15.3 Å². The molecule has 0 bridgehead atoms. The highest BCUT2D eigenvalue weighted by Gasteiger charge is 2.05. The van der Waals surface area contributed by atoms with Gasteiger partial charge in [0.05, 0.1) is 11.2 Å². The van der Waals surface area contributed by atoms with E-state index in [9.17, 15) is 5.11 Å². The summed E-state index contributed by atoms with van der Waals surface area (Å²) in [6.07, 6.45) is 4.08. The predicted octanol–water partition coefficient (Wildman–Crippen LogP) is 5.11. The van der Waals surface area contributed by atoms with Crippen LogP contribution in [0.25, 0.3) is 34.2 Å². The Morgan fingerprint density at radius 3 is 2.33 bits per heavy atom. The summed E-state index contributed by atoms with van der Waals surface area (Å²) in [5, 5.41) is 18.0. The van der Waals surface area contributed by atoms with Crippen LogP contribution in [0.5, 0.6) is 5.75 Å². The molecule has 0 radical (unpaired) electrons. The van der Waals surface area contributed by atoms with Gasteiger partial charge in [0, 0.05) is 5.39 Å². The van der Waals surface area contributed by atoms with Gasteiger partial charge in [-0.1, -0.05) is 54.6 Å². The zero-order chi connectivity index (χ0) is 16.4. The van der Waals surface area contributed by atoms with Crippen molar-refractivity contribution in [2.45, 2.75) is 0 Å². The van der Waals surface area contributed by atoms with E-state index in [-0.39, 0.29) is 5.75 Å². The number of aromatic hydroxyl groups is 1. The second-order valence-corrected chi connectivity index (χ2v) is 5.66. The fraction of sp³-hybridized carbons (Fsp3) is 0. The van der Waals surface area contributed by atoms with Crippen LogP contribution in [0.15, 0.2) is 72.8 Å². The summed E-state index contributed by atoms with van der Waals surface area (Å²) in [5.41, 5.74) is 5.21. The van der Waals surface area contributed by atoms with E-state index in [1.165, 1.54) is 0 Å². The molecule has 3 heteroatoms. The molecule has 24 heavy (non-hydrogen) atoms. The lowest BCUT2D eigenvalue weighted by molar-refractivity contribution is 0.475. The zero-order valence-corrected chi connectivity index (χ0v) is 13.0. The van der Waals surface area contributed by atoms with E-state index < -0.39 is 0 Å². The van der Waals surface area contributed by atoms with Crippen molar-refractivity contribution < 1.29 is 5.11 Å². The third-order valence-corrected chi connectivity index (χ3v) is 4.03. The maximum atomic E-state index is 9.41. The third kappa shape index (κ3) is 2.79. The highest BCUT2D eigenvalue weighted by Crippen LogP contribution is 2.27. The number of H-pyrrole nitrogens is 1. The smallest absolute Gasteiger partial charge is 0.115 e. The number of aromatic nitrogens is 2. The van der Waals surface area contributed by atoms with Gasteiger partial charge >= 0.3 is 0 Å². The molecule has 0 amide bonds. The summed E-state index contributed by atoms with van der Waals surface area (Å²) in [6, 6.07) is 23.6. The SMILES string of the molecule is Oc1ccc(-c2ccc3c(C=Cc4ccccc4)n[nH]c3c2)cc1. The highest BCUT2D eigenvalue weighted by atomic mass is 16.3. The number of fused-ring (bicyclic) bond motifs is 1. The molecule has 0 aliphatic rings. The van der Waals surface area contributed by atoms with Crippen LogP contribution in [-0.2, 0) is 0 Å². The van der Waals surface area contributed by atoms with Crippen molar-refractivity contribution in [3.8, 4) is 16.9 Å². The first-order valence-electron chi connectivity index (χ1n) is 7.80. The molecule has 116 valence electrons. The van der Waals surface area contributed by atoms with Crippen LogP contribution in [0.2, 0.25) is 0 Å². The Morgan fingerprint density at radius 2 is 1.54 bits per heavy atom. The Labute approximate surface area is 139 Å². The fourth-order valence-electron chi connectivity index (χ4n) is 2.74. The monoisotopic (exact) mass is 312 g/mol. The van der Waals surface area contributed by atoms with Crippen molar-refractivity contribution in [3.63, 3.8) is 0 Å². The average Bonchev–Trinajstić information content (AvgIpc) is 3.04. The van der Waals surface area contributed by atoms with Gasteiger partial charge in [0.2, 0.25) is 0 Å². The van der Waals surface area contributed by atoms with Crippen LogP contribution < -0.4 is 0 Å². The summed E-state index contributed by atoms with van der Waals surface area (Å²) >= 11 is 0. The fourth-order valence-corrected chi connectivity index (χ4v) is 2.74. The van der Waals surface area contributed by atoms with Crippen molar-refractivity contribution in [2.75, 3.05) is 0 Å². The number of nitrogens with one attached hydrogen (secondary N) is 1. The third-order valence-electron chi connectivity index (χ3n) is 4.03. The van der Waals surface area contributed by atoms with Crippen molar-refractivity contribution in [1.29, 1.82) is 0 Å². The summed E-state index contributed by atoms with van der Waals surface area (Å²) in [5.74, 6) is 0.273. The van der Waals surface area contributed by atoms with E-state index in [1.54, 1.807) is 12.1 Å². The quantitative estimate of drug-likeness (QED) is 0.552. The number of hydrogen-bond acceptors (Lipinski definition) is 2. The van der Waals surface area contributed by atoms with E-state index in [0.29, 0.717) is 0 Å². The average molecular weight is 312 g/mol.